The van der Waals surface area contributed by atoms with Crippen molar-refractivity contribution in [1.82, 2.24) is 9.97 Å². The summed E-state index contributed by atoms with van der Waals surface area (Å²) in [7, 11) is 0. The van der Waals surface area contributed by atoms with Crippen LogP contribution in [0, 0.1) is 0 Å². The first-order valence-corrected chi connectivity index (χ1v) is 2.69. The minimum atomic E-state index is -0.833. The Morgan fingerprint density at radius 2 is 1.91 bits per heavy atom. The van der Waals surface area contributed by atoms with Gasteiger partial charge >= 0.3 is 6.03 Å². The minimum absolute atomic E-state index is 0.461. The van der Waals surface area contributed by atoms with E-state index < -0.39 is 6.03 Å². The average Bonchev–Trinajstić information content (AvgIpc) is 1.87. The second-order valence-corrected chi connectivity index (χ2v) is 1.53. The summed E-state index contributed by atoms with van der Waals surface area (Å²) in [4.78, 5) is 16.4. The lowest BCUT2D eigenvalue weighted by molar-refractivity contribution is 0.256. The number of hydrogen-bond donors (Lipinski definition) is 3. The molecule has 0 spiro atoms. The third-order valence-electron chi connectivity index (χ3n) is 0.583. The molecule has 0 saturated heterocycles. The van der Waals surface area contributed by atoms with E-state index in [0.29, 0.717) is 5.82 Å². The Morgan fingerprint density at radius 3 is 2.09 bits per heavy atom. The number of anilines is 1. The Morgan fingerprint density at radius 1 is 1.36 bits per heavy atom. The smallest absolute Gasteiger partial charge is 0.309 e. The first-order valence-electron chi connectivity index (χ1n) is 2.69. The first kappa shape index (κ1) is 9.15. The number of aromatic nitrogens is 2. The van der Waals surface area contributed by atoms with Crippen LogP contribution in [0.2, 0.25) is 0 Å². The molecule has 1 rings (SSSR count). The third-order valence-corrected chi connectivity index (χ3v) is 0.583. The van der Waals surface area contributed by atoms with E-state index >= 15 is 0 Å². The van der Waals surface area contributed by atoms with Crippen LogP contribution in [0.3, 0.4) is 0 Å². The summed E-state index contributed by atoms with van der Waals surface area (Å²) in [6.45, 7) is 0. The highest BCUT2D eigenvalue weighted by Crippen LogP contribution is 1.84. The zero-order valence-corrected chi connectivity index (χ0v) is 5.77. The summed E-state index contributed by atoms with van der Waals surface area (Å²) in [5.41, 5.74) is 13.7. The van der Waals surface area contributed by atoms with E-state index in [2.05, 4.69) is 21.4 Å². The number of nitrogen functional groups attached to an aromatic ring is 1. The van der Waals surface area contributed by atoms with Gasteiger partial charge in [-0.1, -0.05) is 0 Å². The van der Waals surface area contributed by atoms with Crippen molar-refractivity contribution in [2.24, 2.45) is 11.5 Å². The predicted octanol–water partition coefficient (Wildman–Crippen LogP) is -0.917. The predicted molar refractivity (Wildman–Crippen MR) is 40.2 cm³/mol. The molecular weight excluding hydrogens is 146 g/mol. The molecule has 0 unspecified atom stereocenters. The number of hydrogen-bond acceptors (Lipinski definition) is 4. The van der Waals surface area contributed by atoms with Crippen molar-refractivity contribution in [1.29, 1.82) is 0 Å². The van der Waals surface area contributed by atoms with Crippen LogP contribution in [0.15, 0.2) is 18.6 Å². The molecule has 0 aliphatic carbocycles. The van der Waals surface area contributed by atoms with Crippen LogP contribution in [-0.4, -0.2) is 16.0 Å². The van der Waals surface area contributed by atoms with Crippen LogP contribution in [-0.2, 0) is 0 Å². The maximum Gasteiger partial charge on any atom is 0.309 e. The molecule has 0 bridgehead atoms. The van der Waals surface area contributed by atoms with Gasteiger partial charge < -0.3 is 17.2 Å². The first-order chi connectivity index (χ1) is 5.13. The molecule has 0 radical (unpaired) electrons. The van der Waals surface area contributed by atoms with E-state index in [9.17, 15) is 0 Å². The van der Waals surface area contributed by atoms with Crippen molar-refractivity contribution in [3.8, 4) is 0 Å². The fourth-order valence-electron chi connectivity index (χ4n) is 0.311. The Labute approximate surface area is 63.4 Å². The number of urea groups is 1. The van der Waals surface area contributed by atoms with Gasteiger partial charge in [0.1, 0.15) is 5.82 Å². The van der Waals surface area contributed by atoms with Gasteiger partial charge in [-0.3, -0.25) is 4.98 Å². The Kier molecular flexibility index (Phi) is 4.14. The zero-order chi connectivity index (χ0) is 8.69. The lowest BCUT2D eigenvalue weighted by atomic mass is 10.7. The molecular formula is C5H9N5O. The quantitative estimate of drug-likeness (QED) is 0.448. The van der Waals surface area contributed by atoms with Crippen LogP contribution >= 0.6 is 0 Å². The molecule has 0 aliphatic rings. The fourth-order valence-corrected chi connectivity index (χ4v) is 0.311. The van der Waals surface area contributed by atoms with Crippen molar-refractivity contribution < 1.29 is 4.79 Å². The minimum Gasteiger partial charge on any atom is -0.382 e. The summed E-state index contributed by atoms with van der Waals surface area (Å²) in [5, 5.41) is 0. The number of rotatable bonds is 0. The molecule has 0 fully saturated rings. The summed E-state index contributed by atoms with van der Waals surface area (Å²) in [6.07, 6.45) is 4.63. The Balaban J connectivity index is 0.000000218. The van der Waals surface area contributed by atoms with Crippen LogP contribution in [0.25, 0.3) is 0 Å². The number of carbonyl (C=O) groups is 1. The zero-order valence-electron chi connectivity index (χ0n) is 5.77. The Hall–Kier alpha value is -1.85. The van der Waals surface area contributed by atoms with Gasteiger partial charge in [-0.15, -0.1) is 0 Å². The van der Waals surface area contributed by atoms with Gasteiger partial charge in [0.25, 0.3) is 0 Å². The van der Waals surface area contributed by atoms with Gasteiger partial charge in [0.2, 0.25) is 0 Å². The third kappa shape index (κ3) is 8.15. The summed E-state index contributed by atoms with van der Waals surface area (Å²) < 4.78 is 0. The lowest BCUT2D eigenvalue weighted by Gasteiger charge is -1.82. The van der Waals surface area contributed by atoms with Gasteiger partial charge in [0.15, 0.2) is 0 Å². The van der Waals surface area contributed by atoms with Crippen molar-refractivity contribution in [2.75, 3.05) is 5.73 Å². The van der Waals surface area contributed by atoms with Gasteiger partial charge in [-0.05, 0) is 0 Å². The summed E-state index contributed by atoms with van der Waals surface area (Å²) in [5.74, 6) is 0.461. The van der Waals surface area contributed by atoms with Crippen LogP contribution in [0.5, 0.6) is 0 Å². The molecule has 6 heteroatoms. The van der Waals surface area contributed by atoms with Crippen LogP contribution in [0.1, 0.15) is 0 Å². The molecule has 60 valence electrons. The second-order valence-electron chi connectivity index (χ2n) is 1.53. The highest BCUT2D eigenvalue weighted by molar-refractivity contribution is 5.69. The molecule has 0 atom stereocenters. The maximum absolute atomic E-state index is 9.00. The molecule has 6 nitrogen and oxygen atoms in total. The van der Waals surface area contributed by atoms with Gasteiger partial charge in [-0.25, -0.2) is 9.78 Å². The molecule has 0 aromatic carbocycles. The number of nitrogens with two attached hydrogens (primary N) is 3. The standard InChI is InChI=1S/C4H5N3.CH4N2O/c5-4-3-6-1-2-7-4;2-1(3)4/h1-3H,(H2,5,7);(H4,2,3,4). The molecule has 0 aliphatic heterocycles. The fraction of sp³-hybridized carbons (Fsp3) is 0. The molecule has 6 N–H and O–H groups in total. The van der Waals surface area contributed by atoms with E-state index in [1.807, 2.05) is 0 Å². The van der Waals surface area contributed by atoms with Gasteiger partial charge in [0, 0.05) is 12.4 Å². The van der Waals surface area contributed by atoms with Crippen molar-refractivity contribution in [3.63, 3.8) is 0 Å². The highest BCUT2D eigenvalue weighted by atomic mass is 16.2. The highest BCUT2D eigenvalue weighted by Gasteiger charge is 1.74. The topological polar surface area (TPSA) is 121 Å². The van der Waals surface area contributed by atoms with Gasteiger partial charge in [-0.2, -0.15) is 0 Å². The van der Waals surface area contributed by atoms with E-state index in [1.165, 1.54) is 6.20 Å². The van der Waals surface area contributed by atoms with Crippen molar-refractivity contribution in [3.05, 3.63) is 18.6 Å². The van der Waals surface area contributed by atoms with E-state index in [4.69, 9.17) is 10.5 Å². The SMILES string of the molecule is NC(N)=O.Nc1cnccn1. The number of amides is 2. The monoisotopic (exact) mass is 155 g/mol. The number of carbonyl (C=O) groups excluding carboxylic acids is 1. The largest absolute Gasteiger partial charge is 0.382 e. The second kappa shape index (κ2) is 4.98. The molecule has 1 aromatic rings. The number of nitrogens with zero attached hydrogens (tertiary/aromatic N) is 2. The Bertz CT molecular complexity index is 207. The molecule has 0 saturated carbocycles. The van der Waals surface area contributed by atoms with E-state index in [1.54, 1.807) is 12.4 Å². The van der Waals surface area contributed by atoms with Crippen LogP contribution in [0.4, 0.5) is 10.6 Å². The molecule has 11 heavy (non-hydrogen) atoms. The van der Waals surface area contributed by atoms with Gasteiger partial charge in [0.05, 0.1) is 6.20 Å². The average molecular weight is 155 g/mol. The van der Waals surface area contributed by atoms with Crippen molar-refractivity contribution in [2.45, 2.75) is 0 Å². The summed E-state index contributed by atoms with van der Waals surface area (Å²) >= 11 is 0. The molecule has 1 heterocycles. The maximum atomic E-state index is 9.00. The summed E-state index contributed by atoms with van der Waals surface area (Å²) in [6, 6.07) is -0.833. The normalized spacial score (nSPS) is 7.64. The molecule has 1 aromatic heterocycles. The van der Waals surface area contributed by atoms with E-state index in [-0.39, 0.29) is 0 Å². The number of primary amides is 2. The van der Waals surface area contributed by atoms with E-state index in [0.717, 1.165) is 0 Å². The molecule has 2 amide bonds. The lowest BCUT2D eigenvalue weighted by Crippen LogP contribution is -2.18. The van der Waals surface area contributed by atoms with Crippen LogP contribution < -0.4 is 17.2 Å². The van der Waals surface area contributed by atoms with Crippen molar-refractivity contribution >= 4 is 11.8 Å².